The van der Waals surface area contributed by atoms with E-state index in [-0.39, 0.29) is 11.3 Å². The van der Waals surface area contributed by atoms with Gasteiger partial charge in [-0.15, -0.1) is 0 Å². The number of aromatic nitrogens is 4. The smallest absolute Gasteiger partial charge is 0.227 e. The number of hydrogen-bond donors (Lipinski definition) is 0. The van der Waals surface area contributed by atoms with Crippen LogP contribution in [0.3, 0.4) is 0 Å². The van der Waals surface area contributed by atoms with Crippen LogP contribution in [0.15, 0.2) is 18.6 Å². The fourth-order valence-corrected chi connectivity index (χ4v) is 3.38. The summed E-state index contributed by atoms with van der Waals surface area (Å²) >= 11 is 0. The van der Waals surface area contributed by atoms with Gasteiger partial charge in [0.1, 0.15) is 11.5 Å². The van der Waals surface area contributed by atoms with Gasteiger partial charge in [-0.1, -0.05) is 20.8 Å². The van der Waals surface area contributed by atoms with Crippen LogP contribution in [-0.4, -0.2) is 43.4 Å². The second-order valence-corrected chi connectivity index (χ2v) is 7.96. The summed E-state index contributed by atoms with van der Waals surface area (Å²) in [6.45, 7) is 9.56. The van der Waals surface area contributed by atoms with E-state index in [1.54, 1.807) is 12.4 Å². The molecule has 134 valence electrons. The van der Waals surface area contributed by atoms with Gasteiger partial charge in [0.15, 0.2) is 0 Å². The standard InChI is InChI=1S/C19H27N5O/c1-13-22-11-16(23(13)5)17-15(20-7-8-21-17)10-14-6-9-24(12-14)18(25)19(2,3)4/h7-8,11,14H,6,9-10,12H2,1-5H3/t14-/m1/s1. The number of aryl methyl sites for hydroxylation is 1. The lowest BCUT2D eigenvalue weighted by atomic mass is 9.95. The number of rotatable bonds is 3. The first kappa shape index (κ1) is 17.6. The minimum absolute atomic E-state index is 0.233. The van der Waals surface area contributed by atoms with Gasteiger partial charge < -0.3 is 9.47 Å². The number of carbonyl (C=O) groups excluding carboxylic acids is 1. The number of imidazole rings is 1. The average Bonchev–Trinajstić information content (AvgIpc) is 3.15. The van der Waals surface area contributed by atoms with Gasteiger partial charge in [-0.2, -0.15) is 0 Å². The van der Waals surface area contributed by atoms with E-state index in [4.69, 9.17) is 0 Å². The van der Waals surface area contributed by atoms with Crippen molar-refractivity contribution in [1.29, 1.82) is 0 Å². The first-order valence-corrected chi connectivity index (χ1v) is 8.85. The van der Waals surface area contributed by atoms with E-state index >= 15 is 0 Å². The number of amides is 1. The third kappa shape index (κ3) is 3.57. The average molecular weight is 341 g/mol. The van der Waals surface area contributed by atoms with Crippen molar-refractivity contribution in [1.82, 2.24) is 24.4 Å². The Labute approximate surface area is 149 Å². The highest BCUT2D eigenvalue weighted by molar-refractivity contribution is 5.81. The molecule has 0 saturated carbocycles. The van der Waals surface area contributed by atoms with Gasteiger partial charge in [0, 0.05) is 37.9 Å². The summed E-state index contributed by atoms with van der Waals surface area (Å²) in [5.41, 5.74) is 2.55. The van der Waals surface area contributed by atoms with E-state index < -0.39 is 0 Å². The Morgan fingerprint density at radius 1 is 1.24 bits per heavy atom. The molecule has 0 bridgehead atoms. The highest BCUT2D eigenvalue weighted by Crippen LogP contribution is 2.28. The van der Waals surface area contributed by atoms with Gasteiger partial charge in [-0.3, -0.25) is 14.8 Å². The molecule has 0 spiro atoms. The highest BCUT2D eigenvalue weighted by atomic mass is 16.2. The Hall–Kier alpha value is -2.24. The molecule has 0 unspecified atom stereocenters. The van der Waals surface area contributed by atoms with Gasteiger partial charge in [-0.25, -0.2) is 4.98 Å². The lowest BCUT2D eigenvalue weighted by molar-refractivity contribution is -0.138. The van der Waals surface area contributed by atoms with Crippen LogP contribution in [0.25, 0.3) is 11.4 Å². The van der Waals surface area contributed by atoms with Crippen molar-refractivity contribution < 1.29 is 4.79 Å². The van der Waals surface area contributed by atoms with Gasteiger partial charge in [0.25, 0.3) is 0 Å². The molecule has 1 atom stereocenters. The van der Waals surface area contributed by atoms with Crippen LogP contribution in [0.1, 0.15) is 38.7 Å². The molecule has 0 aromatic carbocycles. The molecule has 25 heavy (non-hydrogen) atoms. The quantitative estimate of drug-likeness (QED) is 0.861. The third-order valence-corrected chi connectivity index (χ3v) is 4.93. The summed E-state index contributed by atoms with van der Waals surface area (Å²) in [7, 11) is 2.00. The van der Waals surface area contributed by atoms with E-state index in [1.807, 2.05) is 50.4 Å². The van der Waals surface area contributed by atoms with Crippen LogP contribution >= 0.6 is 0 Å². The Balaban J connectivity index is 1.77. The maximum Gasteiger partial charge on any atom is 0.227 e. The molecule has 3 heterocycles. The third-order valence-electron chi connectivity index (χ3n) is 4.93. The molecule has 2 aromatic rings. The molecular formula is C19H27N5O. The summed E-state index contributed by atoms with van der Waals surface area (Å²) in [6.07, 6.45) is 7.18. The minimum Gasteiger partial charge on any atom is -0.342 e. The van der Waals surface area contributed by atoms with Crippen LogP contribution in [0.4, 0.5) is 0 Å². The maximum atomic E-state index is 12.5. The lowest BCUT2D eigenvalue weighted by Gasteiger charge is -2.25. The summed E-state index contributed by atoms with van der Waals surface area (Å²) < 4.78 is 2.04. The highest BCUT2D eigenvalue weighted by Gasteiger charge is 2.33. The van der Waals surface area contributed by atoms with Crippen molar-refractivity contribution in [3.8, 4) is 11.4 Å². The summed E-state index contributed by atoms with van der Waals surface area (Å²) in [6, 6.07) is 0. The van der Waals surface area contributed by atoms with Crippen LogP contribution in [0.2, 0.25) is 0 Å². The molecule has 0 aliphatic carbocycles. The monoisotopic (exact) mass is 341 g/mol. The van der Waals surface area contributed by atoms with Crippen molar-refractivity contribution in [3.63, 3.8) is 0 Å². The fourth-order valence-electron chi connectivity index (χ4n) is 3.38. The molecule has 1 amide bonds. The van der Waals surface area contributed by atoms with Crippen molar-refractivity contribution in [2.75, 3.05) is 13.1 Å². The molecule has 6 heteroatoms. The van der Waals surface area contributed by atoms with Crippen molar-refractivity contribution in [2.45, 2.75) is 40.5 Å². The molecule has 0 radical (unpaired) electrons. The summed E-state index contributed by atoms with van der Waals surface area (Å²) in [5, 5.41) is 0. The topological polar surface area (TPSA) is 63.9 Å². The van der Waals surface area contributed by atoms with Gasteiger partial charge >= 0.3 is 0 Å². The molecule has 1 fully saturated rings. The van der Waals surface area contributed by atoms with E-state index in [0.29, 0.717) is 5.92 Å². The van der Waals surface area contributed by atoms with Gasteiger partial charge in [0.2, 0.25) is 5.91 Å². The first-order chi connectivity index (χ1) is 11.8. The SMILES string of the molecule is Cc1ncc(-c2nccnc2C[C@H]2CCN(C(=O)C(C)(C)C)C2)n1C. The van der Waals surface area contributed by atoms with E-state index in [9.17, 15) is 4.79 Å². The Morgan fingerprint density at radius 3 is 2.60 bits per heavy atom. The van der Waals surface area contributed by atoms with Crippen molar-refractivity contribution in [2.24, 2.45) is 18.4 Å². The second kappa shape index (κ2) is 6.58. The van der Waals surface area contributed by atoms with Crippen molar-refractivity contribution in [3.05, 3.63) is 30.1 Å². The zero-order valence-corrected chi connectivity index (χ0v) is 15.8. The Bertz CT molecular complexity index is 774. The molecule has 1 aliphatic rings. The second-order valence-electron chi connectivity index (χ2n) is 7.96. The molecular weight excluding hydrogens is 314 g/mol. The van der Waals surface area contributed by atoms with Crippen LogP contribution in [0, 0.1) is 18.3 Å². The molecule has 1 aliphatic heterocycles. The normalized spacial score (nSPS) is 18.0. The number of hydrogen-bond acceptors (Lipinski definition) is 4. The van der Waals surface area contributed by atoms with E-state index in [2.05, 4.69) is 15.0 Å². The number of carbonyl (C=O) groups is 1. The molecule has 3 rings (SSSR count). The zero-order valence-electron chi connectivity index (χ0n) is 15.8. The predicted octanol–water partition coefficient (Wildman–Crippen LogP) is 2.62. The van der Waals surface area contributed by atoms with Crippen LogP contribution in [-0.2, 0) is 18.3 Å². The summed E-state index contributed by atoms with van der Waals surface area (Å²) in [4.78, 5) is 28.0. The summed E-state index contributed by atoms with van der Waals surface area (Å²) in [5.74, 6) is 1.61. The molecule has 0 N–H and O–H groups in total. The minimum atomic E-state index is -0.321. The lowest BCUT2D eigenvalue weighted by Crippen LogP contribution is -2.38. The van der Waals surface area contributed by atoms with Gasteiger partial charge in [0.05, 0.1) is 17.6 Å². The van der Waals surface area contributed by atoms with Gasteiger partial charge in [-0.05, 0) is 25.7 Å². The van der Waals surface area contributed by atoms with Crippen LogP contribution < -0.4 is 0 Å². The number of nitrogens with zero attached hydrogens (tertiary/aromatic N) is 5. The maximum absolute atomic E-state index is 12.5. The predicted molar refractivity (Wildman–Crippen MR) is 96.8 cm³/mol. The van der Waals surface area contributed by atoms with Crippen molar-refractivity contribution >= 4 is 5.91 Å². The largest absolute Gasteiger partial charge is 0.342 e. The zero-order chi connectivity index (χ0) is 18.2. The first-order valence-electron chi connectivity index (χ1n) is 8.85. The Kier molecular flexibility index (Phi) is 4.62. The van der Waals surface area contributed by atoms with Crippen LogP contribution in [0.5, 0.6) is 0 Å². The van der Waals surface area contributed by atoms with E-state index in [0.717, 1.165) is 48.8 Å². The Morgan fingerprint density at radius 2 is 1.96 bits per heavy atom. The van der Waals surface area contributed by atoms with E-state index in [1.165, 1.54) is 0 Å². The molecule has 1 saturated heterocycles. The molecule has 2 aromatic heterocycles. The fraction of sp³-hybridized carbons (Fsp3) is 0.579. The number of likely N-dealkylation sites (tertiary alicyclic amines) is 1. The molecule has 6 nitrogen and oxygen atoms in total.